The van der Waals surface area contributed by atoms with Crippen LogP contribution in [0.3, 0.4) is 0 Å². The van der Waals surface area contributed by atoms with Crippen LogP contribution < -0.4 is 4.90 Å². The number of anilines is 1. The van der Waals surface area contributed by atoms with Crippen molar-refractivity contribution in [3.63, 3.8) is 0 Å². The Labute approximate surface area is 175 Å². The maximum absolute atomic E-state index is 12.7. The number of thioether (sulfide) groups is 1. The van der Waals surface area contributed by atoms with Crippen LogP contribution in [0.25, 0.3) is 6.08 Å². The Bertz CT molecular complexity index is 1010. The molecule has 29 heavy (non-hydrogen) atoms. The van der Waals surface area contributed by atoms with E-state index in [1.807, 2.05) is 24.3 Å². The lowest BCUT2D eigenvalue weighted by Crippen LogP contribution is -2.40. The Morgan fingerprint density at radius 2 is 1.72 bits per heavy atom. The Hall–Kier alpha value is -2.13. The number of fused-ring (bicyclic) bond motifs is 1. The zero-order chi connectivity index (χ0) is 20.3. The van der Waals surface area contributed by atoms with E-state index in [9.17, 15) is 13.2 Å². The molecule has 2 heterocycles. The van der Waals surface area contributed by atoms with E-state index in [-0.39, 0.29) is 10.8 Å². The lowest BCUT2D eigenvalue weighted by molar-refractivity contribution is -0.114. The Kier molecular flexibility index (Phi) is 6.05. The van der Waals surface area contributed by atoms with E-state index in [4.69, 9.17) is 4.74 Å². The number of carbonyl (C=O) groups is 1. The van der Waals surface area contributed by atoms with Gasteiger partial charge in [0.2, 0.25) is 10.0 Å². The molecule has 0 bridgehead atoms. The van der Waals surface area contributed by atoms with Crippen LogP contribution in [-0.4, -0.2) is 57.2 Å². The van der Waals surface area contributed by atoms with E-state index >= 15 is 0 Å². The first kappa shape index (κ1) is 20.2. The fourth-order valence-corrected chi connectivity index (χ4v) is 5.75. The summed E-state index contributed by atoms with van der Waals surface area (Å²) in [6.45, 7) is 2.24. The summed E-state index contributed by atoms with van der Waals surface area (Å²) in [6, 6.07) is 14.5. The maximum Gasteiger partial charge on any atom is 0.251 e. The monoisotopic (exact) mass is 430 g/mol. The van der Waals surface area contributed by atoms with Gasteiger partial charge in [0.1, 0.15) is 0 Å². The van der Waals surface area contributed by atoms with E-state index in [2.05, 4.69) is 0 Å². The van der Waals surface area contributed by atoms with Gasteiger partial charge in [-0.25, -0.2) is 8.42 Å². The molecule has 6 nitrogen and oxygen atoms in total. The standard InChI is InChI=1S/C21H22N2O4S2/c24-21(23-13-16-28-20-4-2-1-3-19(20)23)10-7-17-5-8-18(9-6-17)29(25,26)22-11-14-27-15-12-22/h1-10H,11-16H2/b10-7+. The van der Waals surface area contributed by atoms with Crippen molar-refractivity contribution in [1.82, 2.24) is 4.31 Å². The Morgan fingerprint density at radius 1 is 1.00 bits per heavy atom. The van der Waals surface area contributed by atoms with Crippen LogP contribution in [0.5, 0.6) is 0 Å². The molecule has 1 fully saturated rings. The second-order valence-electron chi connectivity index (χ2n) is 6.72. The second kappa shape index (κ2) is 8.71. The van der Waals surface area contributed by atoms with Crippen LogP contribution in [0.1, 0.15) is 5.56 Å². The van der Waals surface area contributed by atoms with E-state index < -0.39 is 10.0 Å². The summed E-state index contributed by atoms with van der Waals surface area (Å²) in [4.78, 5) is 15.8. The van der Waals surface area contributed by atoms with Gasteiger partial charge in [-0.05, 0) is 35.9 Å². The number of hydrogen-bond acceptors (Lipinski definition) is 5. The van der Waals surface area contributed by atoms with Crippen molar-refractivity contribution in [1.29, 1.82) is 0 Å². The highest BCUT2D eigenvalue weighted by Crippen LogP contribution is 2.34. The van der Waals surface area contributed by atoms with Crippen LogP contribution in [0.15, 0.2) is 64.4 Å². The quantitative estimate of drug-likeness (QED) is 0.698. The van der Waals surface area contributed by atoms with Gasteiger partial charge in [-0.3, -0.25) is 4.79 Å². The summed E-state index contributed by atoms with van der Waals surface area (Å²) in [5.74, 6) is 0.785. The van der Waals surface area contributed by atoms with Gasteiger partial charge in [-0.15, -0.1) is 11.8 Å². The van der Waals surface area contributed by atoms with E-state index in [1.54, 1.807) is 47.0 Å². The molecule has 2 aliphatic rings. The third-order valence-corrected chi connectivity index (χ3v) is 7.86. The molecular formula is C21H22N2O4S2. The number of morpholine rings is 1. The lowest BCUT2D eigenvalue weighted by atomic mass is 10.2. The Balaban J connectivity index is 1.46. The highest BCUT2D eigenvalue weighted by Gasteiger charge is 2.26. The molecule has 0 atom stereocenters. The van der Waals surface area contributed by atoms with Gasteiger partial charge in [0.15, 0.2) is 0 Å². The van der Waals surface area contributed by atoms with Crippen LogP contribution in [0, 0.1) is 0 Å². The lowest BCUT2D eigenvalue weighted by Gasteiger charge is -2.28. The molecule has 0 saturated carbocycles. The van der Waals surface area contributed by atoms with Crippen molar-refractivity contribution < 1.29 is 17.9 Å². The summed E-state index contributed by atoms with van der Waals surface area (Å²) in [7, 11) is -3.51. The van der Waals surface area contributed by atoms with Crippen molar-refractivity contribution in [2.45, 2.75) is 9.79 Å². The summed E-state index contributed by atoms with van der Waals surface area (Å²) in [6.07, 6.45) is 3.26. The molecule has 0 aliphatic carbocycles. The summed E-state index contributed by atoms with van der Waals surface area (Å²) in [5, 5.41) is 0. The third kappa shape index (κ3) is 4.40. The van der Waals surface area contributed by atoms with Gasteiger partial charge in [0.05, 0.1) is 23.8 Å². The third-order valence-electron chi connectivity index (χ3n) is 4.90. The minimum Gasteiger partial charge on any atom is -0.379 e. The molecule has 2 aromatic carbocycles. The number of amides is 1. The highest BCUT2D eigenvalue weighted by atomic mass is 32.2. The van der Waals surface area contributed by atoms with Crippen molar-refractivity contribution in [3.05, 3.63) is 60.2 Å². The number of para-hydroxylation sites is 1. The number of ether oxygens (including phenoxy) is 1. The molecule has 0 N–H and O–H groups in total. The van der Waals surface area contributed by atoms with Crippen LogP contribution in [-0.2, 0) is 19.6 Å². The first-order valence-corrected chi connectivity index (χ1v) is 11.9. The fraction of sp³-hybridized carbons (Fsp3) is 0.286. The highest BCUT2D eigenvalue weighted by molar-refractivity contribution is 7.99. The molecule has 1 amide bonds. The molecule has 0 radical (unpaired) electrons. The molecule has 0 aromatic heterocycles. The number of rotatable bonds is 4. The molecule has 1 saturated heterocycles. The average Bonchev–Trinajstić information content (AvgIpc) is 2.78. The maximum atomic E-state index is 12.7. The van der Waals surface area contributed by atoms with Gasteiger partial charge in [-0.1, -0.05) is 24.3 Å². The van der Waals surface area contributed by atoms with Crippen molar-refractivity contribution in [2.75, 3.05) is 43.5 Å². The minimum atomic E-state index is -3.51. The number of sulfonamides is 1. The van der Waals surface area contributed by atoms with Crippen molar-refractivity contribution >= 4 is 39.5 Å². The summed E-state index contributed by atoms with van der Waals surface area (Å²) >= 11 is 1.75. The predicted molar refractivity (Wildman–Crippen MR) is 115 cm³/mol. The largest absolute Gasteiger partial charge is 0.379 e. The smallest absolute Gasteiger partial charge is 0.251 e. The topological polar surface area (TPSA) is 66.9 Å². The minimum absolute atomic E-state index is 0.0808. The van der Waals surface area contributed by atoms with Crippen LogP contribution in [0.2, 0.25) is 0 Å². The van der Waals surface area contributed by atoms with Crippen molar-refractivity contribution in [2.24, 2.45) is 0 Å². The molecule has 0 unspecified atom stereocenters. The van der Waals surface area contributed by atoms with E-state index in [1.165, 1.54) is 10.4 Å². The zero-order valence-electron chi connectivity index (χ0n) is 15.9. The van der Waals surface area contributed by atoms with Gasteiger partial charge >= 0.3 is 0 Å². The molecule has 8 heteroatoms. The molecular weight excluding hydrogens is 408 g/mol. The Morgan fingerprint density at radius 3 is 2.48 bits per heavy atom. The van der Waals surface area contributed by atoms with Gasteiger partial charge in [0.25, 0.3) is 5.91 Å². The predicted octanol–water partition coefficient (Wildman–Crippen LogP) is 2.86. The SMILES string of the molecule is O=C(/C=C/c1ccc(S(=O)(=O)N2CCOCC2)cc1)N1CCSc2ccccc21. The van der Waals surface area contributed by atoms with Crippen LogP contribution in [0.4, 0.5) is 5.69 Å². The van der Waals surface area contributed by atoms with Crippen LogP contribution >= 0.6 is 11.8 Å². The first-order valence-electron chi connectivity index (χ1n) is 9.45. The summed E-state index contributed by atoms with van der Waals surface area (Å²) < 4.78 is 32.0. The number of hydrogen-bond donors (Lipinski definition) is 0. The molecule has 0 spiro atoms. The first-order chi connectivity index (χ1) is 14.1. The van der Waals surface area contributed by atoms with E-state index in [0.717, 1.165) is 21.9 Å². The molecule has 2 aliphatic heterocycles. The molecule has 4 rings (SSSR count). The molecule has 152 valence electrons. The summed E-state index contributed by atoms with van der Waals surface area (Å²) in [5.41, 5.74) is 1.71. The molecule has 2 aromatic rings. The number of benzene rings is 2. The van der Waals surface area contributed by atoms with Gasteiger partial charge in [0, 0.05) is 36.4 Å². The van der Waals surface area contributed by atoms with Gasteiger partial charge < -0.3 is 9.64 Å². The second-order valence-corrected chi connectivity index (χ2v) is 9.80. The number of nitrogens with zero attached hydrogens (tertiary/aromatic N) is 2. The average molecular weight is 431 g/mol. The number of carbonyl (C=O) groups excluding carboxylic acids is 1. The van der Waals surface area contributed by atoms with Gasteiger partial charge in [-0.2, -0.15) is 4.31 Å². The fourth-order valence-electron chi connectivity index (χ4n) is 3.34. The zero-order valence-corrected chi connectivity index (χ0v) is 17.5. The normalized spacial score (nSPS) is 18.0. The van der Waals surface area contributed by atoms with Crippen molar-refractivity contribution in [3.8, 4) is 0 Å². The van der Waals surface area contributed by atoms with E-state index in [0.29, 0.717) is 32.8 Å².